The SMILES string of the molecule is COc1cccc(C(C)N[C@H](C)c2ccccc2Br)c1. The monoisotopic (exact) mass is 333 g/mol. The summed E-state index contributed by atoms with van der Waals surface area (Å²) in [6, 6.07) is 17.0. The molecule has 2 nitrogen and oxygen atoms in total. The Balaban J connectivity index is 2.11. The molecule has 2 rings (SSSR count). The van der Waals surface area contributed by atoms with Crippen LogP contribution in [0.2, 0.25) is 0 Å². The molecule has 0 fully saturated rings. The molecule has 0 saturated heterocycles. The lowest BCUT2D eigenvalue weighted by molar-refractivity contribution is 0.412. The number of benzene rings is 2. The van der Waals surface area contributed by atoms with Crippen LogP contribution in [0.4, 0.5) is 0 Å². The molecule has 0 heterocycles. The first kappa shape index (κ1) is 15.1. The van der Waals surface area contributed by atoms with Gasteiger partial charge in [-0.15, -0.1) is 0 Å². The molecule has 0 amide bonds. The molecular weight excluding hydrogens is 314 g/mol. The second kappa shape index (κ2) is 6.91. The van der Waals surface area contributed by atoms with Crippen LogP contribution in [-0.4, -0.2) is 7.11 Å². The van der Waals surface area contributed by atoms with E-state index in [1.807, 2.05) is 18.2 Å². The summed E-state index contributed by atoms with van der Waals surface area (Å²) in [5, 5.41) is 3.62. The molecule has 2 aromatic rings. The predicted molar refractivity (Wildman–Crippen MR) is 87.1 cm³/mol. The van der Waals surface area contributed by atoms with Gasteiger partial charge in [-0.1, -0.05) is 46.3 Å². The lowest BCUT2D eigenvalue weighted by atomic mass is 10.0. The first-order valence-electron chi connectivity index (χ1n) is 6.76. The van der Waals surface area contributed by atoms with Crippen molar-refractivity contribution < 1.29 is 4.74 Å². The van der Waals surface area contributed by atoms with E-state index in [4.69, 9.17) is 4.74 Å². The van der Waals surface area contributed by atoms with Gasteiger partial charge in [0, 0.05) is 16.6 Å². The van der Waals surface area contributed by atoms with Crippen LogP contribution in [0.5, 0.6) is 5.75 Å². The van der Waals surface area contributed by atoms with E-state index in [1.54, 1.807) is 7.11 Å². The Morgan fingerprint density at radius 3 is 2.45 bits per heavy atom. The molecule has 0 radical (unpaired) electrons. The summed E-state index contributed by atoms with van der Waals surface area (Å²) in [6.45, 7) is 4.35. The first-order chi connectivity index (χ1) is 9.61. The highest BCUT2D eigenvalue weighted by Gasteiger charge is 2.13. The highest BCUT2D eigenvalue weighted by Crippen LogP contribution is 2.26. The van der Waals surface area contributed by atoms with Crippen molar-refractivity contribution in [2.24, 2.45) is 0 Å². The summed E-state index contributed by atoms with van der Waals surface area (Å²) in [5.74, 6) is 0.893. The van der Waals surface area contributed by atoms with E-state index >= 15 is 0 Å². The Morgan fingerprint density at radius 1 is 1.00 bits per heavy atom. The Kier molecular flexibility index (Phi) is 5.21. The Hall–Kier alpha value is -1.32. The summed E-state index contributed by atoms with van der Waals surface area (Å²) in [6.07, 6.45) is 0. The zero-order chi connectivity index (χ0) is 14.5. The number of halogens is 1. The van der Waals surface area contributed by atoms with Gasteiger partial charge in [-0.25, -0.2) is 0 Å². The normalized spacial score (nSPS) is 13.8. The number of nitrogens with one attached hydrogen (secondary N) is 1. The van der Waals surface area contributed by atoms with Crippen LogP contribution in [-0.2, 0) is 0 Å². The Labute approximate surface area is 129 Å². The summed E-state index contributed by atoms with van der Waals surface area (Å²) in [7, 11) is 1.70. The zero-order valence-corrected chi connectivity index (χ0v) is 13.6. The third-order valence-corrected chi connectivity index (χ3v) is 4.19. The molecule has 1 unspecified atom stereocenters. The van der Waals surface area contributed by atoms with Gasteiger partial charge in [-0.3, -0.25) is 0 Å². The molecular formula is C17H20BrNO. The van der Waals surface area contributed by atoms with Gasteiger partial charge in [-0.05, 0) is 43.2 Å². The Morgan fingerprint density at radius 2 is 1.75 bits per heavy atom. The van der Waals surface area contributed by atoms with E-state index in [0.29, 0.717) is 0 Å². The zero-order valence-electron chi connectivity index (χ0n) is 12.1. The molecule has 20 heavy (non-hydrogen) atoms. The maximum atomic E-state index is 5.28. The minimum absolute atomic E-state index is 0.257. The van der Waals surface area contributed by atoms with Gasteiger partial charge in [0.15, 0.2) is 0 Å². The van der Waals surface area contributed by atoms with Crippen LogP contribution in [0.25, 0.3) is 0 Å². The molecule has 0 aliphatic rings. The average Bonchev–Trinajstić information content (AvgIpc) is 2.47. The summed E-state index contributed by atoms with van der Waals surface area (Å²) in [4.78, 5) is 0. The lowest BCUT2D eigenvalue weighted by Crippen LogP contribution is -2.22. The van der Waals surface area contributed by atoms with Crippen molar-refractivity contribution >= 4 is 15.9 Å². The molecule has 1 N–H and O–H groups in total. The Bertz CT molecular complexity index is 570. The molecule has 0 saturated carbocycles. The van der Waals surface area contributed by atoms with Crippen molar-refractivity contribution in [2.45, 2.75) is 25.9 Å². The number of hydrogen-bond acceptors (Lipinski definition) is 2. The van der Waals surface area contributed by atoms with Crippen molar-refractivity contribution in [1.82, 2.24) is 5.32 Å². The molecule has 2 aromatic carbocycles. The van der Waals surface area contributed by atoms with Crippen molar-refractivity contribution in [1.29, 1.82) is 0 Å². The molecule has 0 aliphatic carbocycles. The van der Waals surface area contributed by atoms with Crippen LogP contribution in [0.15, 0.2) is 53.0 Å². The van der Waals surface area contributed by atoms with Crippen molar-refractivity contribution in [3.05, 3.63) is 64.1 Å². The number of hydrogen-bond donors (Lipinski definition) is 1. The van der Waals surface area contributed by atoms with Crippen LogP contribution < -0.4 is 10.1 Å². The minimum atomic E-state index is 0.257. The van der Waals surface area contributed by atoms with Gasteiger partial charge in [0.2, 0.25) is 0 Å². The molecule has 0 aliphatic heterocycles. The summed E-state index contributed by atoms with van der Waals surface area (Å²) >= 11 is 3.61. The first-order valence-corrected chi connectivity index (χ1v) is 7.55. The van der Waals surface area contributed by atoms with Crippen molar-refractivity contribution in [3.8, 4) is 5.75 Å². The molecule has 106 valence electrons. The maximum absolute atomic E-state index is 5.28. The van der Waals surface area contributed by atoms with E-state index in [9.17, 15) is 0 Å². The van der Waals surface area contributed by atoms with Crippen molar-refractivity contribution in [3.63, 3.8) is 0 Å². The van der Waals surface area contributed by atoms with Gasteiger partial charge in [0.25, 0.3) is 0 Å². The van der Waals surface area contributed by atoms with E-state index in [0.717, 1.165) is 10.2 Å². The van der Waals surface area contributed by atoms with Crippen molar-refractivity contribution in [2.75, 3.05) is 7.11 Å². The molecule has 0 bridgehead atoms. The minimum Gasteiger partial charge on any atom is -0.497 e. The fourth-order valence-electron chi connectivity index (χ4n) is 2.30. The molecule has 3 heteroatoms. The highest BCUT2D eigenvalue weighted by molar-refractivity contribution is 9.10. The fraction of sp³-hybridized carbons (Fsp3) is 0.294. The second-order valence-electron chi connectivity index (χ2n) is 4.91. The van der Waals surface area contributed by atoms with E-state index < -0.39 is 0 Å². The van der Waals surface area contributed by atoms with Crippen LogP contribution in [0.1, 0.15) is 37.1 Å². The van der Waals surface area contributed by atoms with E-state index in [2.05, 4.69) is 65.4 Å². The number of methoxy groups -OCH3 is 1. The highest BCUT2D eigenvalue weighted by atomic mass is 79.9. The smallest absolute Gasteiger partial charge is 0.119 e. The number of ether oxygens (including phenoxy) is 1. The van der Waals surface area contributed by atoms with Crippen LogP contribution >= 0.6 is 15.9 Å². The van der Waals surface area contributed by atoms with Gasteiger partial charge in [0.05, 0.1) is 7.11 Å². The number of rotatable bonds is 5. The van der Waals surface area contributed by atoms with Gasteiger partial charge >= 0.3 is 0 Å². The summed E-state index contributed by atoms with van der Waals surface area (Å²) in [5.41, 5.74) is 2.49. The van der Waals surface area contributed by atoms with E-state index in [-0.39, 0.29) is 12.1 Å². The van der Waals surface area contributed by atoms with Gasteiger partial charge in [-0.2, -0.15) is 0 Å². The second-order valence-corrected chi connectivity index (χ2v) is 5.76. The van der Waals surface area contributed by atoms with Crippen LogP contribution in [0, 0.1) is 0 Å². The topological polar surface area (TPSA) is 21.3 Å². The molecule has 2 atom stereocenters. The third-order valence-electron chi connectivity index (χ3n) is 3.47. The average molecular weight is 334 g/mol. The lowest BCUT2D eigenvalue weighted by Gasteiger charge is -2.22. The van der Waals surface area contributed by atoms with Crippen LogP contribution in [0.3, 0.4) is 0 Å². The summed E-state index contributed by atoms with van der Waals surface area (Å²) < 4.78 is 6.42. The largest absolute Gasteiger partial charge is 0.497 e. The maximum Gasteiger partial charge on any atom is 0.119 e. The fourth-order valence-corrected chi connectivity index (χ4v) is 2.93. The third kappa shape index (κ3) is 3.62. The molecule has 0 aromatic heterocycles. The van der Waals surface area contributed by atoms with E-state index in [1.165, 1.54) is 11.1 Å². The van der Waals surface area contributed by atoms with Gasteiger partial charge in [0.1, 0.15) is 5.75 Å². The van der Waals surface area contributed by atoms with Gasteiger partial charge < -0.3 is 10.1 Å². The predicted octanol–water partition coefficient (Wildman–Crippen LogP) is 4.87. The standard InChI is InChI=1S/C17H20BrNO/c1-12(14-7-6-8-15(11-14)20-3)19-13(2)16-9-4-5-10-17(16)18/h4-13,19H,1-3H3/t12?,13-/m1/s1. The molecule has 0 spiro atoms. The quantitative estimate of drug-likeness (QED) is 0.842.